The van der Waals surface area contributed by atoms with Crippen molar-refractivity contribution in [1.29, 1.82) is 0 Å². The van der Waals surface area contributed by atoms with Gasteiger partial charge in [-0.3, -0.25) is 0 Å². The number of methoxy groups -OCH3 is 1. The van der Waals surface area contributed by atoms with E-state index < -0.39 is 0 Å². The van der Waals surface area contributed by atoms with Crippen molar-refractivity contribution in [3.05, 3.63) is 0 Å². The van der Waals surface area contributed by atoms with Crippen LogP contribution >= 0.6 is 0 Å². The Morgan fingerprint density at radius 2 is 2.20 bits per heavy atom. The number of rotatable bonds is 6. The van der Waals surface area contributed by atoms with Crippen molar-refractivity contribution < 1.29 is 4.74 Å². The molecule has 0 aliphatic carbocycles. The van der Waals surface area contributed by atoms with Gasteiger partial charge in [-0.25, -0.2) is 0 Å². The third-order valence-electron chi connectivity index (χ3n) is 3.05. The van der Waals surface area contributed by atoms with Crippen molar-refractivity contribution >= 4 is 0 Å². The lowest BCUT2D eigenvalue weighted by Gasteiger charge is -2.31. The van der Waals surface area contributed by atoms with Crippen molar-refractivity contribution in [2.45, 2.75) is 32.7 Å². The first-order chi connectivity index (χ1) is 7.07. The first-order valence-corrected chi connectivity index (χ1v) is 6.03. The second-order valence-corrected chi connectivity index (χ2v) is 5.26. The van der Waals surface area contributed by atoms with Gasteiger partial charge in [0.15, 0.2) is 0 Å². The summed E-state index contributed by atoms with van der Waals surface area (Å²) in [6.07, 6.45) is 1.29. The Labute approximate surface area is 94.2 Å². The highest BCUT2D eigenvalue weighted by Crippen LogP contribution is 2.18. The molecule has 1 fully saturated rings. The number of nitrogens with zero attached hydrogens (tertiary/aromatic N) is 1. The highest BCUT2D eigenvalue weighted by atomic mass is 16.5. The zero-order valence-corrected chi connectivity index (χ0v) is 10.7. The van der Waals surface area contributed by atoms with Crippen molar-refractivity contribution in [2.24, 2.45) is 5.92 Å². The van der Waals surface area contributed by atoms with Crippen molar-refractivity contribution in [1.82, 2.24) is 10.2 Å². The Hall–Kier alpha value is -0.120. The van der Waals surface area contributed by atoms with Crippen molar-refractivity contribution in [3.63, 3.8) is 0 Å². The minimum absolute atomic E-state index is 0.233. The number of nitrogens with one attached hydrogen (secondary N) is 1. The first-order valence-electron chi connectivity index (χ1n) is 6.03. The van der Waals surface area contributed by atoms with Gasteiger partial charge in [0.2, 0.25) is 0 Å². The summed E-state index contributed by atoms with van der Waals surface area (Å²) in [6.45, 7) is 12.2. The minimum atomic E-state index is 0.233. The number of ether oxygens (including phenoxy) is 1. The lowest BCUT2D eigenvalue weighted by atomic mass is 10.1. The molecule has 3 nitrogen and oxygen atoms in total. The average molecular weight is 214 g/mol. The normalized spacial score (nSPS) is 23.6. The van der Waals surface area contributed by atoms with E-state index >= 15 is 0 Å². The fourth-order valence-corrected chi connectivity index (χ4v) is 2.52. The number of hydrogen-bond acceptors (Lipinski definition) is 3. The van der Waals surface area contributed by atoms with Gasteiger partial charge in [0.25, 0.3) is 0 Å². The Morgan fingerprint density at radius 1 is 1.47 bits per heavy atom. The van der Waals surface area contributed by atoms with Crippen LogP contribution in [0.1, 0.15) is 27.2 Å². The molecular weight excluding hydrogens is 188 g/mol. The zero-order chi connectivity index (χ0) is 11.3. The molecule has 1 aliphatic rings. The van der Waals surface area contributed by atoms with E-state index in [0.29, 0.717) is 0 Å². The summed E-state index contributed by atoms with van der Waals surface area (Å²) in [5.74, 6) is 0.743. The predicted molar refractivity (Wildman–Crippen MR) is 64.2 cm³/mol. The van der Waals surface area contributed by atoms with Gasteiger partial charge in [0.1, 0.15) is 0 Å². The first kappa shape index (κ1) is 12.9. The summed E-state index contributed by atoms with van der Waals surface area (Å²) in [5.41, 5.74) is 0.233. The summed E-state index contributed by atoms with van der Waals surface area (Å²) in [6, 6.07) is 0. The molecule has 0 aromatic heterocycles. The smallest absolute Gasteiger partial charge is 0.0503 e. The van der Waals surface area contributed by atoms with Crippen LogP contribution in [0.3, 0.4) is 0 Å². The Balaban J connectivity index is 2.28. The maximum absolute atomic E-state index is 5.21. The number of likely N-dealkylation sites (N-methyl/N-ethyl adjacent to an activating group) is 1. The standard InChI is InChI=1S/C12H26N2O/c1-5-13-12(2,3)10-14-7-6-11(8-14)9-15-4/h11,13H,5-10H2,1-4H3. The maximum Gasteiger partial charge on any atom is 0.0503 e. The van der Waals surface area contributed by atoms with Crippen molar-refractivity contribution in [2.75, 3.05) is 39.9 Å². The predicted octanol–water partition coefficient (Wildman–Crippen LogP) is 1.34. The molecular formula is C12H26N2O. The summed E-state index contributed by atoms with van der Waals surface area (Å²) in [4.78, 5) is 2.55. The Bertz CT molecular complexity index is 182. The fourth-order valence-electron chi connectivity index (χ4n) is 2.52. The molecule has 0 aromatic rings. The van der Waals surface area contributed by atoms with E-state index in [1.807, 2.05) is 0 Å². The molecule has 1 N–H and O–H groups in total. The molecule has 90 valence electrons. The molecule has 0 aromatic carbocycles. The van der Waals surface area contributed by atoms with Gasteiger partial charge in [-0.15, -0.1) is 0 Å². The van der Waals surface area contributed by atoms with Crippen LogP contribution in [0.5, 0.6) is 0 Å². The topological polar surface area (TPSA) is 24.5 Å². The SMILES string of the molecule is CCNC(C)(C)CN1CCC(COC)C1. The van der Waals surface area contributed by atoms with E-state index in [9.17, 15) is 0 Å². The zero-order valence-electron chi connectivity index (χ0n) is 10.7. The largest absolute Gasteiger partial charge is 0.384 e. The minimum Gasteiger partial charge on any atom is -0.384 e. The molecule has 1 rings (SSSR count). The van der Waals surface area contributed by atoms with E-state index in [2.05, 4.69) is 31.0 Å². The van der Waals surface area contributed by atoms with Crippen LogP contribution in [0.15, 0.2) is 0 Å². The highest BCUT2D eigenvalue weighted by Gasteiger charge is 2.27. The third kappa shape index (κ3) is 4.49. The van der Waals surface area contributed by atoms with Crippen LogP contribution in [0.4, 0.5) is 0 Å². The molecule has 1 heterocycles. The van der Waals surface area contributed by atoms with Gasteiger partial charge in [0.05, 0.1) is 6.61 Å². The summed E-state index contributed by atoms with van der Waals surface area (Å²) < 4.78 is 5.21. The van der Waals surface area contributed by atoms with Crippen LogP contribution < -0.4 is 5.32 Å². The molecule has 0 bridgehead atoms. The van der Waals surface area contributed by atoms with Gasteiger partial charge in [0, 0.05) is 25.7 Å². The van der Waals surface area contributed by atoms with E-state index in [4.69, 9.17) is 4.74 Å². The Kier molecular flexibility index (Phi) is 5.03. The summed E-state index contributed by atoms with van der Waals surface area (Å²) in [7, 11) is 1.80. The molecule has 1 unspecified atom stereocenters. The summed E-state index contributed by atoms with van der Waals surface area (Å²) >= 11 is 0. The molecule has 0 spiro atoms. The number of hydrogen-bond donors (Lipinski definition) is 1. The molecule has 1 atom stereocenters. The van der Waals surface area contributed by atoms with Crippen LogP contribution in [0, 0.1) is 5.92 Å². The Morgan fingerprint density at radius 3 is 2.80 bits per heavy atom. The second kappa shape index (κ2) is 5.83. The molecule has 0 radical (unpaired) electrons. The summed E-state index contributed by atoms with van der Waals surface area (Å²) in [5, 5.41) is 3.52. The van der Waals surface area contributed by atoms with Gasteiger partial charge >= 0.3 is 0 Å². The fraction of sp³-hybridized carbons (Fsp3) is 1.00. The van der Waals surface area contributed by atoms with E-state index in [1.54, 1.807) is 7.11 Å². The monoisotopic (exact) mass is 214 g/mol. The van der Waals surface area contributed by atoms with Gasteiger partial charge in [-0.2, -0.15) is 0 Å². The van der Waals surface area contributed by atoms with Crippen LogP contribution in [-0.4, -0.2) is 50.3 Å². The van der Waals surface area contributed by atoms with Crippen molar-refractivity contribution in [3.8, 4) is 0 Å². The van der Waals surface area contributed by atoms with Gasteiger partial charge in [-0.05, 0) is 39.3 Å². The molecule has 15 heavy (non-hydrogen) atoms. The van der Waals surface area contributed by atoms with Crippen LogP contribution in [0.25, 0.3) is 0 Å². The second-order valence-electron chi connectivity index (χ2n) is 5.26. The van der Waals surface area contributed by atoms with Gasteiger partial charge in [-0.1, -0.05) is 6.92 Å². The van der Waals surface area contributed by atoms with Crippen LogP contribution in [-0.2, 0) is 4.74 Å². The van der Waals surface area contributed by atoms with E-state index in [0.717, 1.165) is 25.6 Å². The maximum atomic E-state index is 5.21. The molecule has 3 heteroatoms. The highest BCUT2D eigenvalue weighted by molar-refractivity contribution is 4.85. The average Bonchev–Trinajstić information content (AvgIpc) is 2.52. The van der Waals surface area contributed by atoms with E-state index in [1.165, 1.54) is 19.5 Å². The number of likely N-dealkylation sites (tertiary alicyclic amines) is 1. The lowest BCUT2D eigenvalue weighted by molar-refractivity contribution is 0.149. The lowest BCUT2D eigenvalue weighted by Crippen LogP contribution is -2.48. The molecule has 1 aliphatic heterocycles. The molecule has 1 saturated heterocycles. The quantitative estimate of drug-likeness (QED) is 0.722. The van der Waals surface area contributed by atoms with Crippen LogP contribution in [0.2, 0.25) is 0 Å². The van der Waals surface area contributed by atoms with Gasteiger partial charge < -0.3 is 15.0 Å². The molecule has 0 saturated carbocycles. The molecule has 0 amide bonds. The van der Waals surface area contributed by atoms with E-state index in [-0.39, 0.29) is 5.54 Å². The third-order valence-corrected chi connectivity index (χ3v) is 3.05.